The molecule has 0 radical (unpaired) electrons. The third-order valence-electron chi connectivity index (χ3n) is 0.963. The maximum Gasteiger partial charge on any atom is 0.331 e. The average Bonchev–Trinajstić information content (AvgIpc) is 1.97. The van der Waals surface area contributed by atoms with E-state index in [0.29, 0.717) is 0 Å². The minimum Gasteiger partial charge on any atom is -0.466 e. The van der Waals surface area contributed by atoms with Gasteiger partial charge in [-0.15, -0.1) is 0 Å². The molecular formula is C9H14O4. The molecule has 0 atom stereocenters. The van der Waals surface area contributed by atoms with E-state index in [1.807, 2.05) is 0 Å². The molecule has 0 aromatic heterocycles. The highest BCUT2D eigenvalue weighted by Crippen LogP contribution is 2.06. The van der Waals surface area contributed by atoms with Gasteiger partial charge in [-0.2, -0.15) is 0 Å². The van der Waals surface area contributed by atoms with E-state index in [9.17, 15) is 9.59 Å². The van der Waals surface area contributed by atoms with Crippen molar-refractivity contribution >= 4 is 11.9 Å². The second-order valence-corrected chi connectivity index (χ2v) is 3.39. The van der Waals surface area contributed by atoms with Crippen LogP contribution in [0, 0.1) is 0 Å². The molecule has 0 aliphatic carbocycles. The maximum absolute atomic E-state index is 11.0. The topological polar surface area (TPSA) is 52.6 Å². The molecule has 0 heterocycles. The van der Waals surface area contributed by atoms with Crippen molar-refractivity contribution in [1.29, 1.82) is 0 Å². The van der Waals surface area contributed by atoms with Crippen LogP contribution in [-0.2, 0) is 19.1 Å². The highest BCUT2D eigenvalue weighted by Gasteiger charge is 2.13. The molecule has 0 fully saturated rings. The lowest BCUT2D eigenvalue weighted by atomic mass is 10.2. The molecule has 0 aromatic rings. The number of hydrogen-bond donors (Lipinski definition) is 0. The molecule has 0 spiro atoms. The molecule has 13 heavy (non-hydrogen) atoms. The molecule has 0 aromatic carbocycles. The Morgan fingerprint density at radius 3 is 1.92 bits per heavy atom. The van der Waals surface area contributed by atoms with Crippen LogP contribution in [0.25, 0.3) is 0 Å². The monoisotopic (exact) mass is 186 g/mol. The van der Waals surface area contributed by atoms with Gasteiger partial charge in [-0.05, 0) is 20.8 Å². The SMILES string of the molecule is COC(=O)/C=C/C(=O)OC(C)(C)C. The van der Waals surface area contributed by atoms with E-state index in [1.165, 1.54) is 7.11 Å². The van der Waals surface area contributed by atoms with Gasteiger partial charge < -0.3 is 9.47 Å². The molecule has 0 aliphatic heterocycles. The Balaban J connectivity index is 4.02. The summed E-state index contributed by atoms with van der Waals surface area (Å²) in [4.78, 5) is 21.5. The largest absolute Gasteiger partial charge is 0.466 e. The number of esters is 2. The lowest BCUT2D eigenvalue weighted by Gasteiger charge is -2.17. The number of carbonyl (C=O) groups is 2. The molecule has 0 amide bonds. The highest BCUT2D eigenvalue weighted by molar-refractivity contribution is 5.91. The Hall–Kier alpha value is -1.32. The molecule has 0 saturated carbocycles. The first-order valence-electron chi connectivity index (χ1n) is 3.84. The van der Waals surface area contributed by atoms with Crippen molar-refractivity contribution in [3.8, 4) is 0 Å². The van der Waals surface area contributed by atoms with Gasteiger partial charge >= 0.3 is 11.9 Å². The Bertz CT molecular complexity index is 222. The molecule has 74 valence electrons. The molecule has 0 N–H and O–H groups in total. The van der Waals surface area contributed by atoms with Crippen LogP contribution < -0.4 is 0 Å². The molecule has 0 rings (SSSR count). The Labute approximate surface area is 77.5 Å². The number of rotatable bonds is 2. The molecule has 0 saturated heterocycles. The van der Waals surface area contributed by atoms with Gasteiger partial charge in [0.05, 0.1) is 7.11 Å². The summed E-state index contributed by atoms with van der Waals surface area (Å²) < 4.78 is 9.20. The van der Waals surface area contributed by atoms with Crippen LogP contribution in [0.15, 0.2) is 12.2 Å². The van der Waals surface area contributed by atoms with Crippen molar-refractivity contribution < 1.29 is 19.1 Å². The molecular weight excluding hydrogens is 172 g/mol. The first-order valence-corrected chi connectivity index (χ1v) is 3.84. The third kappa shape index (κ3) is 7.05. The zero-order valence-electron chi connectivity index (χ0n) is 8.29. The van der Waals surface area contributed by atoms with Gasteiger partial charge in [-0.25, -0.2) is 9.59 Å². The van der Waals surface area contributed by atoms with Crippen LogP contribution in [-0.4, -0.2) is 24.6 Å². The van der Waals surface area contributed by atoms with Crippen molar-refractivity contribution in [2.45, 2.75) is 26.4 Å². The summed E-state index contributed by atoms with van der Waals surface area (Å²) in [6.07, 6.45) is 2.06. The quantitative estimate of drug-likeness (QED) is 0.478. The van der Waals surface area contributed by atoms with Crippen LogP contribution in [0.2, 0.25) is 0 Å². The van der Waals surface area contributed by atoms with E-state index in [-0.39, 0.29) is 0 Å². The van der Waals surface area contributed by atoms with E-state index in [4.69, 9.17) is 4.74 Å². The standard InChI is InChI=1S/C9H14O4/c1-9(2,3)13-8(11)6-5-7(10)12-4/h5-6H,1-4H3/b6-5+. The average molecular weight is 186 g/mol. The lowest BCUT2D eigenvalue weighted by molar-refractivity contribution is -0.149. The number of carbonyl (C=O) groups excluding carboxylic acids is 2. The lowest BCUT2D eigenvalue weighted by Crippen LogP contribution is -2.22. The molecule has 0 unspecified atom stereocenters. The minimum absolute atomic E-state index is 0.544. The molecule has 0 aliphatic rings. The summed E-state index contributed by atoms with van der Waals surface area (Å²) in [5.41, 5.74) is -0.544. The summed E-state index contributed by atoms with van der Waals surface area (Å²) in [7, 11) is 1.24. The van der Waals surface area contributed by atoms with Crippen LogP contribution >= 0.6 is 0 Å². The summed E-state index contributed by atoms with van der Waals surface area (Å²) in [5, 5.41) is 0. The smallest absolute Gasteiger partial charge is 0.331 e. The number of ether oxygens (including phenoxy) is 2. The van der Waals surface area contributed by atoms with Gasteiger partial charge in [0.25, 0.3) is 0 Å². The van der Waals surface area contributed by atoms with Crippen LogP contribution in [0.3, 0.4) is 0 Å². The fraction of sp³-hybridized carbons (Fsp3) is 0.556. The summed E-state index contributed by atoms with van der Waals surface area (Å²) in [5.74, 6) is -1.14. The second kappa shape index (κ2) is 4.64. The molecule has 4 heteroatoms. The van der Waals surface area contributed by atoms with Gasteiger partial charge in [-0.3, -0.25) is 0 Å². The Morgan fingerprint density at radius 1 is 1.08 bits per heavy atom. The van der Waals surface area contributed by atoms with Crippen molar-refractivity contribution in [1.82, 2.24) is 0 Å². The van der Waals surface area contributed by atoms with Crippen LogP contribution in [0.5, 0.6) is 0 Å². The van der Waals surface area contributed by atoms with Crippen molar-refractivity contribution in [2.75, 3.05) is 7.11 Å². The van der Waals surface area contributed by atoms with Gasteiger partial charge in [-0.1, -0.05) is 0 Å². The van der Waals surface area contributed by atoms with Gasteiger partial charge in [0.15, 0.2) is 0 Å². The fourth-order valence-electron chi connectivity index (χ4n) is 0.540. The van der Waals surface area contributed by atoms with Crippen LogP contribution in [0.1, 0.15) is 20.8 Å². The maximum atomic E-state index is 11.0. The Morgan fingerprint density at radius 2 is 1.54 bits per heavy atom. The zero-order valence-corrected chi connectivity index (χ0v) is 8.29. The second-order valence-electron chi connectivity index (χ2n) is 3.39. The summed E-state index contributed by atoms with van der Waals surface area (Å²) in [6.45, 7) is 5.24. The van der Waals surface area contributed by atoms with E-state index < -0.39 is 17.5 Å². The van der Waals surface area contributed by atoms with Crippen LogP contribution in [0.4, 0.5) is 0 Å². The number of hydrogen-bond acceptors (Lipinski definition) is 4. The molecule has 0 bridgehead atoms. The van der Waals surface area contributed by atoms with Crippen molar-refractivity contribution in [3.63, 3.8) is 0 Å². The fourth-order valence-corrected chi connectivity index (χ4v) is 0.540. The first-order chi connectivity index (χ1) is 5.85. The minimum atomic E-state index is -0.578. The normalized spacial score (nSPS) is 11.4. The first kappa shape index (κ1) is 11.7. The predicted octanol–water partition coefficient (Wildman–Crippen LogP) is 1.06. The van der Waals surface area contributed by atoms with Gasteiger partial charge in [0.1, 0.15) is 5.60 Å². The third-order valence-corrected chi connectivity index (χ3v) is 0.963. The predicted molar refractivity (Wildman–Crippen MR) is 47.0 cm³/mol. The van der Waals surface area contributed by atoms with E-state index in [0.717, 1.165) is 12.2 Å². The number of methoxy groups -OCH3 is 1. The van der Waals surface area contributed by atoms with E-state index in [2.05, 4.69) is 4.74 Å². The van der Waals surface area contributed by atoms with Crippen molar-refractivity contribution in [2.24, 2.45) is 0 Å². The van der Waals surface area contributed by atoms with E-state index >= 15 is 0 Å². The van der Waals surface area contributed by atoms with Gasteiger partial charge in [0, 0.05) is 12.2 Å². The van der Waals surface area contributed by atoms with E-state index in [1.54, 1.807) is 20.8 Å². The van der Waals surface area contributed by atoms with Gasteiger partial charge in [0.2, 0.25) is 0 Å². The molecule has 4 nitrogen and oxygen atoms in total. The summed E-state index contributed by atoms with van der Waals surface area (Å²) >= 11 is 0. The zero-order chi connectivity index (χ0) is 10.5. The highest BCUT2D eigenvalue weighted by atomic mass is 16.6. The van der Waals surface area contributed by atoms with Crippen molar-refractivity contribution in [3.05, 3.63) is 12.2 Å². The summed E-state index contributed by atoms with van der Waals surface area (Å²) in [6, 6.07) is 0. The Kier molecular flexibility index (Phi) is 4.17.